The van der Waals surface area contributed by atoms with Crippen molar-refractivity contribution in [1.82, 2.24) is 10.0 Å². The van der Waals surface area contributed by atoms with Crippen LogP contribution in [-0.2, 0) is 0 Å². The molecule has 1 fully saturated rings. The molecule has 1 rings (SSSR count). The van der Waals surface area contributed by atoms with Crippen LogP contribution in [0.2, 0.25) is 0 Å². The van der Waals surface area contributed by atoms with Gasteiger partial charge in [-0.25, -0.2) is 10.0 Å². The summed E-state index contributed by atoms with van der Waals surface area (Å²) >= 11 is 0. The zero-order valence-corrected chi connectivity index (χ0v) is 6.88. The van der Waals surface area contributed by atoms with Crippen molar-refractivity contribution in [3.63, 3.8) is 0 Å². The van der Waals surface area contributed by atoms with Gasteiger partial charge in [-0.1, -0.05) is 0 Å². The van der Waals surface area contributed by atoms with Crippen molar-refractivity contribution in [3.05, 3.63) is 0 Å². The molecule has 0 radical (unpaired) electrons. The lowest BCUT2D eigenvalue weighted by Gasteiger charge is -2.39. The molecule has 1 aliphatic rings. The summed E-state index contributed by atoms with van der Waals surface area (Å²) in [7, 11) is 4.22. The molecule has 0 aliphatic carbocycles. The molecule has 1 atom stereocenters. The van der Waals surface area contributed by atoms with E-state index < -0.39 is 0 Å². The average Bonchev–Trinajstić information content (AvgIpc) is 1.95. The van der Waals surface area contributed by atoms with Gasteiger partial charge in [-0.05, 0) is 12.8 Å². The van der Waals surface area contributed by atoms with Gasteiger partial charge in [0, 0.05) is 33.2 Å². The maximum absolute atomic E-state index is 5.59. The summed E-state index contributed by atoms with van der Waals surface area (Å²) in [5.41, 5.74) is 5.59. The number of hydrogen-bond acceptors (Lipinski definition) is 3. The van der Waals surface area contributed by atoms with Crippen molar-refractivity contribution in [1.29, 1.82) is 0 Å². The van der Waals surface area contributed by atoms with E-state index in [1.54, 1.807) is 0 Å². The molecule has 2 N–H and O–H groups in total. The fraction of sp³-hybridized carbons (Fsp3) is 1.00. The maximum Gasteiger partial charge on any atom is 0.0365 e. The minimum atomic E-state index is 0.568. The molecule has 0 amide bonds. The minimum absolute atomic E-state index is 0.568. The molecular weight excluding hydrogens is 126 g/mol. The molecule has 60 valence electrons. The second-order valence-corrected chi connectivity index (χ2v) is 2.99. The van der Waals surface area contributed by atoms with Gasteiger partial charge in [-0.3, -0.25) is 0 Å². The van der Waals surface area contributed by atoms with Crippen molar-refractivity contribution in [3.8, 4) is 0 Å². The fourth-order valence-electron chi connectivity index (χ4n) is 1.45. The number of rotatable bonds is 1. The van der Waals surface area contributed by atoms with E-state index in [2.05, 4.69) is 24.1 Å². The molecule has 0 aromatic carbocycles. The van der Waals surface area contributed by atoms with E-state index in [-0.39, 0.29) is 0 Å². The lowest BCUT2D eigenvalue weighted by Crippen LogP contribution is -2.51. The molecular formula is C7H17N3. The van der Waals surface area contributed by atoms with Crippen LogP contribution in [0.15, 0.2) is 0 Å². The van der Waals surface area contributed by atoms with Gasteiger partial charge in [0.15, 0.2) is 0 Å². The van der Waals surface area contributed by atoms with Crippen LogP contribution in [0.1, 0.15) is 12.8 Å². The summed E-state index contributed by atoms with van der Waals surface area (Å²) < 4.78 is 0. The van der Waals surface area contributed by atoms with Crippen LogP contribution in [0.25, 0.3) is 0 Å². The number of nitrogens with zero attached hydrogens (tertiary/aromatic N) is 2. The summed E-state index contributed by atoms with van der Waals surface area (Å²) in [6.07, 6.45) is 2.53. The Bertz CT molecular complexity index is 105. The lowest BCUT2D eigenvalue weighted by molar-refractivity contribution is -0.0430. The van der Waals surface area contributed by atoms with Crippen molar-refractivity contribution >= 4 is 0 Å². The molecule has 0 aromatic heterocycles. The first-order chi connectivity index (χ1) is 4.75. The van der Waals surface area contributed by atoms with Crippen LogP contribution in [-0.4, -0.2) is 43.2 Å². The van der Waals surface area contributed by atoms with Crippen LogP contribution in [0.3, 0.4) is 0 Å². The van der Waals surface area contributed by atoms with Gasteiger partial charge in [-0.15, -0.1) is 0 Å². The Balaban J connectivity index is 2.42. The van der Waals surface area contributed by atoms with Crippen molar-refractivity contribution in [2.75, 3.05) is 27.2 Å². The highest BCUT2D eigenvalue weighted by molar-refractivity contribution is 4.72. The van der Waals surface area contributed by atoms with Crippen molar-refractivity contribution in [2.24, 2.45) is 5.73 Å². The van der Waals surface area contributed by atoms with E-state index in [0.29, 0.717) is 6.04 Å². The fourth-order valence-corrected chi connectivity index (χ4v) is 1.45. The second-order valence-electron chi connectivity index (χ2n) is 2.99. The first-order valence-corrected chi connectivity index (χ1v) is 3.89. The lowest BCUT2D eigenvalue weighted by atomic mass is 10.1. The van der Waals surface area contributed by atoms with Gasteiger partial charge >= 0.3 is 0 Å². The monoisotopic (exact) mass is 143 g/mol. The first kappa shape index (κ1) is 7.98. The quantitative estimate of drug-likeness (QED) is 0.556. The average molecular weight is 143 g/mol. The van der Waals surface area contributed by atoms with E-state index in [4.69, 9.17) is 5.73 Å². The summed E-state index contributed by atoms with van der Waals surface area (Å²) in [4.78, 5) is 0. The van der Waals surface area contributed by atoms with Gasteiger partial charge in [0.2, 0.25) is 0 Å². The van der Waals surface area contributed by atoms with Gasteiger partial charge in [0.05, 0.1) is 0 Å². The van der Waals surface area contributed by atoms with E-state index in [1.165, 1.54) is 19.4 Å². The highest BCUT2D eigenvalue weighted by atomic mass is 15.6. The normalized spacial score (nSPS) is 30.9. The predicted molar refractivity (Wildman–Crippen MR) is 42.5 cm³/mol. The maximum atomic E-state index is 5.59. The zero-order chi connectivity index (χ0) is 7.56. The van der Waals surface area contributed by atoms with Crippen LogP contribution < -0.4 is 5.73 Å². The number of nitrogens with two attached hydrogens (primary N) is 1. The van der Waals surface area contributed by atoms with E-state index in [1.807, 2.05) is 0 Å². The molecule has 1 saturated heterocycles. The smallest absolute Gasteiger partial charge is 0.0365 e. The van der Waals surface area contributed by atoms with E-state index in [9.17, 15) is 0 Å². The number of hydrogen-bond donors (Lipinski definition) is 1. The van der Waals surface area contributed by atoms with Crippen LogP contribution >= 0.6 is 0 Å². The highest BCUT2D eigenvalue weighted by Crippen LogP contribution is 2.12. The standard InChI is InChI=1S/C7H17N3/c1-9-5-3-4-7(6-8)10(9)2/h7H,3-6,8H2,1-2H3. The molecule has 0 spiro atoms. The predicted octanol–water partition coefficient (Wildman–Crippen LogP) is -0.114. The zero-order valence-electron chi connectivity index (χ0n) is 6.88. The molecule has 0 bridgehead atoms. The van der Waals surface area contributed by atoms with E-state index in [0.717, 1.165) is 6.54 Å². The Morgan fingerprint density at radius 1 is 1.50 bits per heavy atom. The van der Waals surface area contributed by atoms with Crippen LogP contribution in [0.4, 0.5) is 0 Å². The van der Waals surface area contributed by atoms with Crippen LogP contribution in [0, 0.1) is 0 Å². The third kappa shape index (κ3) is 1.48. The molecule has 1 aliphatic heterocycles. The topological polar surface area (TPSA) is 32.5 Å². The number of likely N-dealkylation sites (N-methyl/N-ethyl adjacent to an activating group) is 1. The molecule has 1 unspecified atom stereocenters. The molecule has 0 saturated carbocycles. The number of hydrazine groups is 1. The first-order valence-electron chi connectivity index (χ1n) is 3.89. The Labute approximate surface area is 62.8 Å². The summed E-state index contributed by atoms with van der Waals surface area (Å²) in [6.45, 7) is 1.95. The molecule has 3 nitrogen and oxygen atoms in total. The SMILES string of the molecule is CN1CCCC(CN)N1C. The Hall–Kier alpha value is -0.120. The molecule has 1 heterocycles. The Kier molecular flexibility index (Phi) is 2.65. The van der Waals surface area contributed by atoms with Gasteiger partial charge in [0.25, 0.3) is 0 Å². The Morgan fingerprint density at radius 3 is 2.70 bits per heavy atom. The van der Waals surface area contributed by atoms with Crippen LogP contribution in [0.5, 0.6) is 0 Å². The second kappa shape index (κ2) is 3.32. The summed E-state index contributed by atoms with van der Waals surface area (Å²) in [5.74, 6) is 0. The van der Waals surface area contributed by atoms with Crippen molar-refractivity contribution < 1.29 is 0 Å². The van der Waals surface area contributed by atoms with Gasteiger partial charge in [-0.2, -0.15) is 0 Å². The minimum Gasteiger partial charge on any atom is -0.329 e. The highest BCUT2D eigenvalue weighted by Gasteiger charge is 2.20. The molecule has 0 aromatic rings. The molecule has 3 heteroatoms. The largest absolute Gasteiger partial charge is 0.329 e. The summed E-state index contributed by atoms with van der Waals surface area (Å²) in [6, 6.07) is 0.568. The van der Waals surface area contributed by atoms with Gasteiger partial charge in [0.1, 0.15) is 0 Å². The third-order valence-corrected chi connectivity index (χ3v) is 2.36. The molecule has 10 heavy (non-hydrogen) atoms. The Morgan fingerprint density at radius 2 is 2.20 bits per heavy atom. The third-order valence-electron chi connectivity index (χ3n) is 2.36. The van der Waals surface area contributed by atoms with E-state index >= 15 is 0 Å². The van der Waals surface area contributed by atoms with Gasteiger partial charge < -0.3 is 5.73 Å². The summed E-state index contributed by atoms with van der Waals surface area (Å²) in [5, 5.41) is 4.48. The van der Waals surface area contributed by atoms with Crippen molar-refractivity contribution in [2.45, 2.75) is 18.9 Å².